The predicted octanol–water partition coefficient (Wildman–Crippen LogP) is 2.49. The molecule has 38 heavy (non-hydrogen) atoms. The normalized spacial score (nSPS) is 23.5. The van der Waals surface area contributed by atoms with E-state index >= 15 is 0 Å². The number of sulfone groups is 1. The summed E-state index contributed by atoms with van der Waals surface area (Å²) in [6, 6.07) is 4.85. The summed E-state index contributed by atoms with van der Waals surface area (Å²) in [5, 5.41) is 14.5. The van der Waals surface area contributed by atoms with Gasteiger partial charge in [0.25, 0.3) is 0 Å². The van der Waals surface area contributed by atoms with Gasteiger partial charge in [-0.1, -0.05) is 0 Å². The second-order valence-electron chi connectivity index (χ2n) is 10.0. The smallest absolute Gasteiger partial charge is 0.336 e. The van der Waals surface area contributed by atoms with Crippen molar-refractivity contribution in [3.63, 3.8) is 0 Å². The molecule has 2 amide bonds. The zero-order valence-corrected chi connectivity index (χ0v) is 21.6. The van der Waals surface area contributed by atoms with Gasteiger partial charge in [0.1, 0.15) is 23.3 Å². The van der Waals surface area contributed by atoms with E-state index in [4.69, 9.17) is 11.6 Å². The number of benzene rings is 1. The molecule has 0 bridgehead atoms. The van der Waals surface area contributed by atoms with Crippen LogP contribution in [0.1, 0.15) is 37.7 Å². The van der Waals surface area contributed by atoms with Gasteiger partial charge in [-0.3, -0.25) is 9.59 Å². The highest BCUT2D eigenvalue weighted by Crippen LogP contribution is 2.59. The van der Waals surface area contributed by atoms with Crippen LogP contribution in [0.2, 0.25) is 5.28 Å². The highest BCUT2D eigenvalue weighted by atomic mass is 35.5. The Labute approximate surface area is 220 Å². The third kappa shape index (κ3) is 4.31. The molecule has 3 aliphatic rings. The number of nitriles is 1. The average Bonchev–Trinajstić information content (AvgIpc) is 3.73. The quantitative estimate of drug-likeness (QED) is 0.563. The van der Waals surface area contributed by atoms with E-state index in [2.05, 4.69) is 15.4 Å². The molecule has 3 fully saturated rings. The fourth-order valence-corrected chi connectivity index (χ4v) is 6.91. The lowest BCUT2D eigenvalue weighted by atomic mass is 10.0. The molecule has 1 N–H and O–H groups in total. The van der Waals surface area contributed by atoms with E-state index in [1.807, 2.05) is 6.07 Å². The van der Waals surface area contributed by atoms with Crippen molar-refractivity contribution in [2.75, 3.05) is 6.54 Å². The van der Waals surface area contributed by atoms with Crippen molar-refractivity contribution >= 4 is 33.3 Å². The highest BCUT2D eigenvalue weighted by molar-refractivity contribution is 7.92. The Balaban J connectivity index is 1.45. The lowest BCUT2D eigenvalue weighted by Crippen LogP contribution is -2.53. The van der Waals surface area contributed by atoms with Crippen LogP contribution in [0.25, 0.3) is 5.69 Å². The summed E-state index contributed by atoms with van der Waals surface area (Å²) in [5.41, 5.74) is -2.95. The number of likely N-dealkylation sites (tertiary alicyclic amines) is 1. The molecular formula is C23H22ClF3N6O4S. The molecule has 2 heterocycles. The molecule has 5 rings (SSSR count). The number of nitrogens with zero attached hydrogens (tertiary/aromatic N) is 5. The molecule has 15 heteroatoms. The van der Waals surface area contributed by atoms with Gasteiger partial charge >= 0.3 is 6.18 Å². The Hall–Kier alpha value is -3.18. The molecule has 1 saturated heterocycles. The molecule has 1 aromatic carbocycles. The topological polar surface area (TPSA) is 138 Å². The third-order valence-corrected chi connectivity index (χ3v) is 9.95. The van der Waals surface area contributed by atoms with Gasteiger partial charge in [0.05, 0.1) is 21.9 Å². The minimum absolute atomic E-state index is 0.00366. The van der Waals surface area contributed by atoms with Crippen LogP contribution in [0.5, 0.6) is 0 Å². The molecule has 0 spiro atoms. The van der Waals surface area contributed by atoms with Gasteiger partial charge in [-0.2, -0.15) is 18.4 Å². The van der Waals surface area contributed by atoms with Gasteiger partial charge in [-0.05, 0) is 74.4 Å². The van der Waals surface area contributed by atoms with Crippen molar-refractivity contribution < 1.29 is 31.2 Å². The Morgan fingerprint density at radius 3 is 2.42 bits per heavy atom. The van der Waals surface area contributed by atoms with Crippen molar-refractivity contribution in [1.29, 1.82) is 5.26 Å². The number of alkyl halides is 3. The maximum atomic E-state index is 13.8. The van der Waals surface area contributed by atoms with Gasteiger partial charge in [-0.15, -0.1) is 5.10 Å². The van der Waals surface area contributed by atoms with Crippen LogP contribution in [0.4, 0.5) is 13.2 Å². The molecule has 1 aliphatic heterocycles. The number of hydrogen-bond acceptors (Lipinski definition) is 7. The summed E-state index contributed by atoms with van der Waals surface area (Å²) in [7, 11) is -4.18. The van der Waals surface area contributed by atoms with E-state index in [9.17, 15) is 36.4 Å². The van der Waals surface area contributed by atoms with Crippen LogP contribution < -0.4 is 5.32 Å². The Morgan fingerprint density at radius 1 is 1.24 bits per heavy atom. The van der Waals surface area contributed by atoms with E-state index in [0.29, 0.717) is 24.1 Å². The molecule has 2 aromatic rings. The minimum Gasteiger partial charge on any atom is -0.336 e. The second-order valence-corrected chi connectivity index (χ2v) is 12.6. The minimum atomic E-state index is -4.83. The van der Waals surface area contributed by atoms with Gasteiger partial charge in [0, 0.05) is 6.54 Å². The van der Waals surface area contributed by atoms with Crippen molar-refractivity contribution in [1.82, 2.24) is 25.0 Å². The van der Waals surface area contributed by atoms with Crippen molar-refractivity contribution in [2.45, 2.75) is 66.9 Å². The number of carbonyl (C=O) groups is 2. The first kappa shape index (κ1) is 26.4. The summed E-state index contributed by atoms with van der Waals surface area (Å²) in [6.45, 7) is 0.972. The summed E-state index contributed by atoms with van der Waals surface area (Å²) in [5.74, 6) is -2.14. The van der Waals surface area contributed by atoms with E-state index in [0.717, 1.165) is 4.90 Å². The number of aromatic nitrogens is 3. The van der Waals surface area contributed by atoms with Crippen LogP contribution >= 0.6 is 11.6 Å². The van der Waals surface area contributed by atoms with E-state index < -0.39 is 75.9 Å². The first-order valence-electron chi connectivity index (χ1n) is 11.8. The molecule has 202 valence electrons. The fraction of sp³-hybridized carbons (Fsp3) is 0.522. The standard InChI is InChI=1S/C23H22ClF3N6O4S/c1-13-8-14(33-12-29-20(24)31-33)2-3-17(13)38(36,37)15-9-16(18(34)30-21(11-28)4-5-21)32(10-15)19(35)22(6-7-22)23(25,26)27/h2-3,8,12,15-16H,4-7,9-10H2,1H3,(H,30,34)/t15-,16+/m1/s1. The van der Waals surface area contributed by atoms with E-state index in [1.165, 1.54) is 29.2 Å². The summed E-state index contributed by atoms with van der Waals surface area (Å²) in [4.78, 5) is 30.7. The largest absolute Gasteiger partial charge is 0.403 e. The molecule has 1 aromatic heterocycles. The van der Waals surface area contributed by atoms with Crippen molar-refractivity contribution in [2.24, 2.45) is 5.41 Å². The van der Waals surface area contributed by atoms with Gasteiger partial charge in [0.2, 0.25) is 17.1 Å². The van der Waals surface area contributed by atoms with Crippen LogP contribution in [0, 0.1) is 23.7 Å². The summed E-state index contributed by atoms with van der Waals surface area (Å²) >= 11 is 5.74. The van der Waals surface area contributed by atoms with Crippen LogP contribution in [-0.4, -0.2) is 69.4 Å². The molecule has 2 aliphatic carbocycles. The van der Waals surface area contributed by atoms with E-state index in [-0.39, 0.29) is 10.2 Å². The van der Waals surface area contributed by atoms with Crippen molar-refractivity contribution in [3.8, 4) is 11.8 Å². The van der Waals surface area contributed by atoms with Gasteiger partial charge < -0.3 is 10.2 Å². The first-order chi connectivity index (χ1) is 17.7. The maximum absolute atomic E-state index is 13.8. The average molecular weight is 571 g/mol. The number of nitrogens with one attached hydrogen (secondary N) is 1. The van der Waals surface area contributed by atoms with Crippen molar-refractivity contribution in [3.05, 3.63) is 35.4 Å². The number of amides is 2. The van der Waals surface area contributed by atoms with Gasteiger partial charge in [0.15, 0.2) is 9.84 Å². The number of carbonyl (C=O) groups excluding carboxylic acids is 2. The maximum Gasteiger partial charge on any atom is 0.403 e. The second kappa shape index (κ2) is 8.67. The lowest BCUT2D eigenvalue weighted by Gasteiger charge is -2.29. The Bertz CT molecular complexity index is 1480. The molecular weight excluding hydrogens is 549 g/mol. The highest BCUT2D eigenvalue weighted by Gasteiger charge is 2.70. The zero-order chi connectivity index (χ0) is 27.7. The molecule has 0 radical (unpaired) electrons. The number of halogens is 4. The SMILES string of the molecule is Cc1cc(-n2cnc(Cl)n2)ccc1S(=O)(=O)[C@@H]1C[C@@H](C(=O)NC2(C#N)CC2)N(C(=O)C2(C(F)(F)F)CC2)C1. The van der Waals surface area contributed by atoms with Gasteiger partial charge in [-0.25, -0.2) is 18.1 Å². The molecule has 10 nitrogen and oxygen atoms in total. The number of rotatable bonds is 6. The Kier molecular flexibility index (Phi) is 6.03. The number of aryl methyl sites for hydroxylation is 1. The molecule has 2 saturated carbocycles. The van der Waals surface area contributed by atoms with Crippen LogP contribution in [0.3, 0.4) is 0 Å². The van der Waals surface area contributed by atoms with Crippen LogP contribution in [0.15, 0.2) is 29.4 Å². The lowest BCUT2D eigenvalue weighted by molar-refractivity contribution is -0.199. The molecule has 0 unspecified atom stereocenters. The molecule has 2 atom stereocenters. The summed E-state index contributed by atoms with van der Waals surface area (Å²) in [6.07, 6.45) is -3.99. The van der Waals surface area contributed by atoms with Crippen LogP contribution in [-0.2, 0) is 19.4 Å². The summed E-state index contributed by atoms with van der Waals surface area (Å²) < 4.78 is 70.0. The fourth-order valence-electron chi connectivity index (χ4n) is 4.86. The Morgan fingerprint density at radius 2 is 1.92 bits per heavy atom. The monoisotopic (exact) mass is 570 g/mol. The number of hydrogen-bond donors (Lipinski definition) is 1. The first-order valence-corrected chi connectivity index (χ1v) is 13.7. The predicted molar refractivity (Wildman–Crippen MR) is 126 cm³/mol. The third-order valence-electron chi connectivity index (χ3n) is 7.49. The van der Waals surface area contributed by atoms with E-state index in [1.54, 1.807) is 6.92 Å². The zero-order valence-electron chi connectivity index (χ0n) is 20.0.